The molecule has 0 saturated heterocycles. The number of benzene rings is 1. The lowest BCUT2D eigenvalue weighted by Crippen LogP contribution is -2.35. The molecular formula is C12H11Cl2NO4. The van der Waals surface area contributed by atoms with Crippen molar-refractivity contribution < 1.29 is 19.8 Å². The predicted octanol–water partition coefficient (Wildman–Crippen LogP) is 1.57. The molecule has 1 unspecified atom stereocenters. The van der Waals surface area contributed by atoms with Crippen molar-refractivity contribution in [3.05, 3.63) is 39.9 Å². The van der Waals surface area contributed by atoms with Gasteiger partial charge < -0.3 is 15.5 Å². The Balaban J connectivity index is 2.54. The fourth-order valence-electron chi connectivity index (χ4n) is 1.13. The molecule has 0 spiro atoms. The molecule has 3 N–H and O–H groups in total. The number of aliphatic carboxylic acids is 1. The van der Waals surface area contributed by atoms with Gasteiger partial charge in [-0.1, -0.05) is 29.3 Å². The predicted molar refractivity (Wildman–Crippen MR) is 72.1 cm³/mol. The van der Waals surface area contributed by atoms with E-state index in [0.717, 1.165) is 0 Å². The Kier molecular flexibility index (Phi) is 5.82. The van der Waals surface area contributed by atoms with Crippen LogP contribution in [0.3, 0.4) is 0 Å². The average molecular weight is 304 g/mol. The lowest BCUT2D eigenvalue weighted by Gasteiger charge is -2.05. The van der Waals surface area contributed by atoms with Crippen LogP contribution in [0.15, 0.2) is 24.3 Å². The Morgan fingerprint density at radius 3 is 2.58 bits per heavy atom. The summed E-state index contributed by atoms with van der Waals surface area (Å²) < 4.78 is 0. The third kappa shape index (κ3) is 5.30. The molecule has 19 heavy (non-hydrogen) atoms. The van der Waals surface area contributed by atoms with E-state index in [1.54, 1.807) is 18.2 Å². The van der Waals surface area contributed by atoms with Crippen molar-refractivity contribution in [1.29, 1.82) is 0 Å². The van der Waals surface area contributed by atoms with Crippen molar-refractivity contribution in [1.82, 2.24) is 5.32 Å². The normalized spacial score (nSPS) is 12.4. The maximum Gasteiger partial charge on any atom is 0.334 e. The van der Waals surface area contributed by atoms with Gasteiger partial charge in [0.25, 0.3) is 0 Å². The van der Waals surface area contributed by atoms with Crippen LogP contribution in [0, 0.1) is 0 Å². The third-order valence-corrected chi connectivity index (χ3v) is 2.86. The Bertz CT molecular complexity index is 516. The molecule has 0 saturated carbocycles. The van der Waals surface area contributed by atoms with Gasteiger partial charge in [0, 0.05) is 6.08 Å². The minimum Gasteiger partial charge on any atom is -0.479 e. The molecule has 1 aromatic carbocycles. The number of amides is 1. The van der Waals surface area contributed by atoms with Crippen molar-refractivity contribution in [2.75, 3.05) is 6.54 Å². The number of carboxylic acid groups (broad SMARTS) is 1. The van der Waals surface area contributed by atoms with E-state index in [1.807, 2.05) is 0 Å². The summed E-state index contributed by atoms with van der Waals surface area (Å²) in [5, 5.41) is 20.4. The number of rotatable bonds is 5. The number of aliphatic hydroxyl groups is 1. The summed E-state index contributed by atoms with van der Waals surface area (Å²) in [6, 6.07) is 4.85. The van der Waals surface area contributed by atoms with E-state index < -0.39 is 18.0 Å². The molecule has 0 bridgehead atoms. The van der Waals surface area contributed by atoms with Crippen molar-refractivity contribution in [3.8, 4) is 0 Å². The summed E-state index contributed by atoms with van der Waals surface area (Å²) in [5.74, 6) is -1.92. The van der Waals surface area contributed by atoms with Crippen molar-refractivity contribution in [3.63, 3.8) is 0 Å². The maximum absolute atomic E-state index is 11.3. The Hall–Kier alpha value is -1.56. The van der Waals surface area contributed by atoms with Gasteiger partial charge >= 0.3 is 5.97 Å². The van der Waals surface area contributed by atoms with E-state index in [0.29, 0.717) is 15.6 Å². The molecule has 0 aliphatic carbocycles. The van der Waals surface area contributed by atoms with Gasteiger partial charge in [0.15, 0.2) is 6.10 Å². The molecule has 5 nitrogen and oxygen atoms in total. The summed E-state index contributed by atoms with van der Waals surface area (Å²) >= 11 is 11.5. The van der Waals surface area contributed by atoms with Crippen molar-refractivity contribution in [2.45, 2.75) is 6.10 Å². The van der Waals surface area contributed by atoms with E-state index >= 15 is 0 Å². The number of hydrogen-bond donors (Lipinski definition) is 3. The molecule has 0 aliphatic heterocycles. The number of aliphatic hydroxyl groups excluding tert-OH is 1. The highest BCUT2D eigenvalue weighted by molar-refractivity contribution is 6.42. The summed E-state index contributed by atoms with van der Waals surface area (Å²) in [6.07, 6.45) is 1.07. The smallest absolute Gasteiger partial charge is 0.334 e. The number of hydrogen-bond acceptors (Lipinski definition) is 3. The minimum atomic E-state index is -1.62. The van der Waals surface area contributed by atoms with Gasteiger partial charge in [0.1, 0.15) is 0 Å². The Labute approximate surface area is 119 Å². The van der Waals surface area contributed by atoms with Crippen LogP contribution in [0.1, 0.15) is 5.56 Å². The molecule has 0 radical (unpaired) electrons. The van der Waals surface area contributed by atoms with E-state index in [9.17, 15) is 9.59 Å². The summed E-state index contributed by atoms with van der Waals surface area (Å²) in [4.78, 5) is 21.6. The fourth-order valence-corrected chi connectivity index (χ4v) is 1.44. The van der Waals surface area contributed by atoms with E-state index in [2.05, 4.69) is 5.32 Å². The summed E-state index contributed by atoms with van der Waals surface area (Å²) in [5.41, 5.74) is 0.670. The summed E-state index contributed by atoms with van der Waals surface area (Å²) in [7, 11) is 0. The molecule has 1 atom stereocenters. The number of carboxylic acids is 1. The molecule has 0 aromatic heterocycles. The molecule has 1 amide bonds. The van der Waals surface area contributed by atoms with Gasteiger partial charge in [0.2, 0.25) is 5.91 Å². The van der Waals surface area contributed by atoms with Crippen LogP contribution in [-0.4, -0.2) is 34.7 Å². The highest BCUT2D eigenvalue weighted by atomic mass is 35.5. The van der Waals surface area contributed by atoms with E-state index in [1.165, 1.54) is 12.2 Å². The van der Waals surface area contributed by atoms with Gasteiger partial charge in [-0.2, -0.15) is 0 Å². The second-order valence-electron chi connectivity index (χ2n) is 3.61. The van der Waals surface area contributed by atoms with Crippen LogP contribution in [0.2, 0.25) is 10.0 Å². The van der Waals surface area contributed by atoms with Gasteiger partial charge in [-0.15, -0.1) is 0 Å². The summed E-state index contributed by atoms with van der Waals surface area (Å²) in [6.45, 7) is -0.361. The lowest BCUT2D eigenvalue weighted by atomic mass is 10.2. The Morgan fingerprint density at radius 2 is 2.00 bits per heavy atom. The van der Waals surface area contributed by atoms with Gasteiger partial charge in [-0.3, -0.25) is 4.79 Å². The van der Waals surface area contributed by atoms with Crippen LogP contribution in [0.4, 0.5) is 0 Å². The molecule has 0 aliphatic rings. The largest absolute Gasteiger partial charge is 0.479 e. The van der Waals surface area contributed by atoms with E-state index in [4.69, 9.17) is 33.4 Å². The van der Waals surface area contributed by atoms with Crippen molar-refractivity contribution in [2.24, 2.45) is 0 Å². The van der Waals surface area contributed by atoms with Crippen LogP contribution in [0.25, 0.3) is 6.08 Å². The lowest BCUT2D eigenvalue weighted by molar-refractivity contribution is -0.146. The molecular weight excluding hydrogens is 293 g/mol. The highest BCUT2D eigenvalue weighted by Crippen LogP contribution is 2.22. The van der Waals surface area contributed by atoms with Gasteiger partial charge in [-0.05, 0) is 23.8 Å². The van der Waals surface area contributed by atoms with Crippen LogP contribution >= 0.6 is 23.2 Å². The van der Waals surface area contributed by atoms with Gasteiger partial charge in [-0.25, -0.2) is 4.79 Å². The number of halogens is 2. The Morgan fingerprint density at radius 1 is 1.32 bits per heavy atom. The van der Waals surface area contributed by atoms with Crippen LogP contribution < -0.4 is 5.32 Å². The van der Waals surface area contributed by atoms with Crippen molar-refractivity contribution >= 4 is 41.2 Å². The first-order valence-corrected chi connectivity index (χ1v) is 5.97. The monoisotopic (exact) mass is 303 g/mol. The molecule has 1 aromatic rings. The second-order valence-corrected chi connectivity index (χ2v) is 4.42. The maximum atomic E-state index is 11.3. The quantitative estimate of drug-likeness (QED) is 0.721. The standard InChI is InChI=1S/C12H11Cl2NO4/c13-8-3-1-7(5-9(8)14)2-4-11(17)15-6-10(16)12(18)19/h1-5,10,16H,6H2,(H,15,17)(H,18,19). The zero-order valence-corrected chi connectivity index (χ0v) is 11.1. The first-order chi connectivity index (χ1) is 8.90. The number of nitrogens with one attached hydrogen (secondary N) is 1. The average Bonchev–Trinajstić information content (AvgIpc) is 2.37. The zero-order valence-electron chi connectivity index (χ0n) is 9.64. The number of carbonyl (C=O) groups excluding carboxylic acids is 1. The first-order valence-electron chi connectivity index (χ1n) is 5.22. The second kappa shape index (κ2) is 7.13. The van der Waals surface area contributed by atoms with Crippen LogP contribution in [0.5, 0.6) is 0 Å². The SMILES string of the molecule is O=C(C=Cc1ccc(Cl)c(Cl)c1)NCC(O)C(=O)O. The number of carbonyl (C=O) groups is 2. The molecule has 1 rings (SSSR count). The zero-order chi connectivity index (χ0) is 14.4. The molecule has 7 heteroatoms. The molecule has 0 heterocycles. The highest BCUT2D eigenvalue weighted by Gasteiger charge is 2.12. The third-order valence-electron chi connectivity index (χ3n) is 2.13. The fraction of sp³-hybridized carbons (Fsp3) is 0.167. The van der Waals surface area contributed by atoms with Crippen LogP contribution in [-0.2, 0) is 9.59 Å². The van der Waals surface area contributed by atoms with E-state index in [-0.39, 0.29) is 6.54 Å². The molecule has 102 valence electrons. The topological polar surface area (TPSA) is 86.6 Å². The van der Waals surface area contributed by atoms with Gasteiger partial charge in [0.05, 0.1) is 16.6 Å². The molecule has 0 fully saturated rings. The minimum absolute atomic E-state index is 0.361. The first kappa shape index (κ1) is 15.5.